The first-order valence-corrected chi connectivity index (χ1v) is 7.92. The van der Waals surface area contributed by atoms with Crippen molar-refractivity contribution in [3.8, 4) is 0 Å². The van der Waals surface area contributed by atoms with E-state index in [-0.39, 0.29) is 30.6 Å². The predicted octanol–water partition coefficient (Wildman–Crippen LogP) is 4.57. The van der Waals surface area contributed by atoms with Crippen LogP contribution in [0.4, 0.5) is 4.39 Å². The van der Waals surface area contributed by atoms with Crippen LogP contribution in [0.25, 0.3) is 0 Å². The van der Waals surface area contributed by atoms with Gasteiger partial charge in [0, 0.05) is 32.2 Å². The molecule has 2 rings (SSSR count). The molecule has 0 aliphatic carbocycles. The van der Waals surface area contributed by atoms with Crippen molar-refractivity contribution < 1.29 is 4.39 Å². The summed E-state index contributed by atoms with van der Waals surface area (Å²) in [4.78, 5) is 2.48. The molecule has 1 aromatic carbocycles. The smallest absolute Gasteiger partial charge is 0.137 e. The molecule has 0 spiro atoms. The monoisotopic (exact) mass is 400 g/mol. The summed E-state index contributed by atoms with van der Waals surface area (Å²) < 4.78 is 14.4. The highest BCUT2D eigenvalue weighted by Crippen LogP contribution is 2.33. The van der Waals surface area contributed by atoms with Gasteiger partial charge >= 0.3 is 0 Å². The van der Waals surface area contributed by atoms with Crippen molar-refractivity contribution in [2.24, 2.45) is 0 Å². The van der Waals surface area contributed by atoms with Crippen LogP contribution in [0.3, 0.4) is 0 Å². The summed E-state index contributed by atoms with van der Waals surface area (Å²) in [6.07, 6.45) is 3.45. The molecule has 0 aromatic heterocycles. The molecule has 2 nitrogen and oxygen atoms in total. The fourth-order valence-corrected chi connectivity index (χ4v) is 3.23. The van der Waals surface area contributed by atoms with Gasteiger partial charge in [-0.05, 0) is 34.0 Å². The molecule has 1 aliphatic rings. The molecule has 1 atom stereocenters. The maximum atomic E-state index is 13.8. The highest BCUT2D eigenvalue weighted by Gasteiger charge is 2.24. The predicted molar refractivity (Wildman–Crippen MR) is 95.3 cm³/mol. The summed E-state index contributed by atoms with van der Waals surface area (Å²) in [5, 5.41) is 3.38. The number of hydrogen-bond donors (Lipinski definition) is 1. The zero-order chi connectivity index (χ0) is 13.7. The van der Waals surface area contributed by atoms with Crippen LogP contribution in [-0.2, 0) is 0 Å². The molecule has 0 bridgehead atoms. The first kappa shape index (κ1) is 21.1. The Morgan fingerprint density at radius 1 is 1.29 bits per heavy atom. The maximum absolute atomic E-state index is 13.8. The minimum absolute atomic E-state index is 0. The number of benzene rings is 1. The van der Waals surface area contributed by atoms with E-state index in [2.05, 4.69) is 39.1 Å². The van der Waals surface area contributed by atoms with Crippen molar-refractivity contribution in [2.45, 2.75) is 32.2 Å². The van der Waals surface area contributed by atoms with Crippen LogP contribution in [-0.4, -0.2) is 31.1 Å². The maximum Gasteiger partial charge on any atom is 0.137 e. The Hall–Kier alpha value is 0.130. The van der Waals surface area contributed by atoms with Gasteiger partial charge in [-0.2, -0.15) is 0 Å². The lowest BCUT2D eigenvalue weighted by Crippen LogP contribution is -2.45. The van der Waals surface area contributed by atoms with Crippen LogP contribution >= 0.6 is 40.7 Å². The molecule has 1 N–H and O–H groups in total. The van der Waals surface area contributed by atoms with E-state index in [9.17, 15) is 4.39 Å². The second kappa shape index (κ2) is 10.8. The lowest BCUT2D eigenvalue weighted by atomic mass is 9.98. The minimum atomic E-state index is -0.158. The van der Waals surface area contributed by atoms with Crippen LogP contribution in [0, 0.1) is 5.82 Å². The lowest BCUT2D eigenvalue weighted by Gasteiger charge is -2.35. The molecular formula is C15H24BrCl2FN2. The molecule has 21 heavy (non-hydrogen) atoms. The second-order valence-corrected chi connectivity index (χ2v) is 5.88. The molecule has 1 saturated heterocycles. The van der Waals surface area contributed by atoms with Crippen molar-refractivity contribution in [1.29, 1.82) is 0 Å². The van der Waals surface area contributed by atoms with Crippen molar-refractivity contribution >= 4 is 40.7 Å². The third-order valence-electron chi connectivity index (χ3n) is 3.76. The zero-order valence-electron chi connectivity index (χ0n) is 12.3. The van der Waals surface area contributed by atoms with E-state index < -0.39 is 0 Å². The molecule has 0 amide bonds. The van der Waals surface area contributed by atoms with Gasteiger partial charge in [0.2, 0.25) is 0 Å². The van der Waals surface area contributed by atoms with Gasteiger partial charge in [-0.1, -0.05) is 31.9 Å². The number of halogens is 4. The van der Waals surface area contributed by atoms with Crippen molar-refractivity contribution in [3.05, 3.63) is 34.1 Å². The Balaban J connectivity index is 0.00000200. The average molecular weight is 402 g/mol. The molecule has 0 radical (unpaired) electrons. The number of piperazine rings is 1. The van der Waals surface area contributed by atoms with Gasteiger partial charge in [-0.3, -0.25) is 4.90 Å². The van der Waals surface area contributed by atoms with Crippen molar-refractivity contribution in [1.82, 2.24) is 10.2 Å². The Kier molecular flexibility index (Phi) is 10.9. The number of unbranched alkanes of at least 4 members (excludes halogenated alkanes) is 1. The first-order valence-electron chi connectivity index (χ1n) is 7.12. The highest BCUT2D eigenvalue weighted by molar-refractivity contribution is 9.10. The summed E-state index contributed by atoms with van der Waals surface area (Å²) in [6, 6.07) is 5.71. The quantitative estimate of drug-likeness (QED) is 0.777. The third kappa shape index (κ3) is 5.68. The van der Waals surface area contributed by atoms with Gasteiger partial charge in [0.05, 0.1) is 4.47 Å². The summed E-state index contributed by atoms with van der Waals surface area (Å²) in [6.45, 7) is 6.33. The molecule has 122 valence electrons. The molecular weight excluding hydrogens is 378 g/mol. The van der Waals surface area contributed by atoms with E-state index in [0.717, 1.165) is 38.2 Å². The number of nitrogens with one attached hydrogen (secondary N) is 1. The molecule has 6 heteroatoms. The van der Waals surface area contributed by atoms with E-state index in [0.29, 0.717) is 10.5 Å². The van der Waals surface area contributed by atoms with Gasteiger partial charge in [0.25, 0.3) is 0 Å². The molecule has 1 aliphatic heterocycles. The Morgan fingerprint density at radius 2 is 1.95 bits per heavy atom. The van der Waals surface area contributed by atoms with Crippen LogP contribution in [0.5, 0.6) is 0 Å². The van der Waals surface area contributed by atoms with E-state index in [1.807, 2.05) is 6.07 Å². The highest BCUT2D eigenvalue weighted by atomic mass is 79.9. The average Bonchev–Trinajstić information content (AvgIpc) is 2.45. The number of rotatable bonds is 5. The zero-order valence-corrected chi connectivity index (χ0v) is 15.5. The van der Waals surface area contributed by atoms with Crippen LogP contribution in [0.15, 0.2) is 22.7 Å². The van der Waals surface area contributed by atoms with E-state index >= 15 is 0 Å². The molecule has 0 saturated carbocycles. The summed E-state index contributed by atoms with van der Waals surface area (Å²) in [5.74, 6) is -0.158. The molecule has 1 aromatic rings. The Bertz CT molecular complexity index is 415. The van der Waals surface area contributed by atoms with E-state index in [4.69, 9.17) is 0 Å². The fourth-order valence-electron chi connectivity index (χ4n) is 2.70. The largest absolute Gasteiger partial charge is 0.314 e. The van der Waals surface area contributed by atoms with E-state index in [1.54, 1.807) is 0 Å². The van der Waals surface area contributed by atoms with Gasteiger partial charge in [0.15, 0.2) is 0 Å². The topological polar surface area (TPSA) is 15.3 Å². The van der Waals surface area contributed by atoms with Crippen molar-refractivity contribution in [2.75, 3.05) is 26.2 Å². The second-order valence-electron chi connectivity index (χ2n) is 5.09. The summed E-state index contributed by atoms with van der Waals surface area (Å²) in [5.41, 5.74) is 1.09. The van der Waals surface area contributed by atoms with E-state index in [1.165, 1.54) is 18.9 Å². The van der Waals surface area contributed by atoms with Crippen LogP contribution < -0.4 is 5.32 Å². The van der Waals surface area contributed by atoms with Gasteiger partial charge in [0.1, 0.15) is 5.82 Å². The molecule has 0 unspecified atom stereocenters. The van der Waals surface area contributed by atoms with Gasteiger partial charge in [-0.15, -0.1) is 24.8 Å². The van der Waals surface area contributed by atoms with Crippen LogP contribution in [0.2, 0.25) is 0 Å². The van der Waals surface area contributed by atoms with Gasteiger partial charge < -0.3 is 5.32 Å². The molecule has 1 fully saturated rings. The first-order chi connectivity index (χ1) is 9.24. The Morgan fingerprint density at radius 3 is 2.57 bits per heavy atom. The standard InChI is InChI=1S/C15H22BrFN2.2ClH/c1-2-3-7-14(19-10-8-18-9-11-19)12-5-4-6-13(17)15(12)16;;/h4-6,14,18H,2-3,7-11H2,1H3;2*1H/t14-;;/m1../s1. The minimum Gasteiger partial charge on any atom is -0.314 e. The summed E-state index contributed by atoms with van der Waals surface area (Å²) >= 11 is 3.42. The fraction of sp³-hybridized carbons (Fsp3) is 0.600. The molecule has 1 heterocycles. The lowest BCUT2D eigenvalue weighted by molar-refractivity contribution is 0.162. The van der Waals surface area contributed by atoms with Crippen molar-refractivity contribution in [3.63, 3.8) is 0 Å². The summed E-state index contributed by atoms with van der Waals surface area (Å²) in [7, 11) is 0. The third-order valence-corrected chi connectivity index (χ3v) is 4.60. The Labute approximate surface area is 147 Å². The number of nitrogens with zero attached hydrogens (tertiary/aromatic N) is 1. The SMILES string of the molecule is CCCC[C@H](c1cccc(F)c1Br)N1CCNCC1.Cl.Cl. The number of hydrogen-bond acceptors (Lipinski definition) is 2. The normalized spacial score (nSPS) is 16.7. The van der Waals surface area contributed by atoms with Gasteiger partial charge in [-0.25, -0.2) is 4.39 Å². The van der Waals surface area contributed by atoms with Crippen LogP contribution in [0.1, 0.15) is 37.8 Å².